The van der Waals surface area contributed by atoms with Crippen LogP contribution in [0.3, 0.4) is 0 Å². The SMILES string of the molecule is O=C(Nc1cc(C(F)(F)F)cc(C(F)(F)F)c1)C(=S)NCCNc1cccc2ccccc12. The van der Waals surface area contributed by atoms with Crippen LogP contribution in [0.2, 0.25) is 0 Å². The smallest absolute Gasteiger partial charge is 0.383 e. The van der Waals surface area contributed by atoms with Gasteiger partial charge >= 0.3 is 12.4 Å². The summed E-state index contributed by atoms with van der Waals surface area (Å²) in [4.78, 5) is 11.8. The van der Waals surface area contributed by atoms with Gasteiger partial charge in [0.1, 0.15) is 0 Å². The number of thiocarbonyl (C=S) groups is 1. The van der Waals surface area contributed by atoms with Crippen molar-refractivity contribution in [1.29, 1.82) is 0 Å². The van der Waals surface area contributed by atoms with Crippen LogP contribution < -0.4 is 16.0 Å². The first-order valence-corrected chi connectivity index (χ1v) is 9.96. The predicted molar refractivity (Wildman–Crippen MR) is 118 cm³/mol. The summed E-state index contributed by atoms with van der Waals surface area (Å²) < 4.78 is 77.7. The quantitative estimate of drug-likeness (QED) is 0.241. The van der Waals surface area contributed by atoms with E-state index in [4.69, 9.17) is 12.2 Å². The molecule has 11 heteroatoms. The summed E-state index contributed by atoms with van der Waals surface area (Å²) in [5, 5.41) is 9.81. The van der Waals surface area contributed by atoms with Gasteiger partial charge in [0.15, 0.2) is 4.99 Å². The summed E-state index contributed by atoms with van der Waals surface area (Å²) in [7, 11) is 0. The Morgan fingerprint density at radius 3 is 2.06 bits per heavy atom. The summed E-state index contributed by atoms with van der Waals surface area (Å²) in [6.45, 7) is 0.537. The molecule has 0 atom stereocenters. The van der Waals surface area contributed by atoms with E-state index in [0.29, 0.717) is 18.7 Å². The van der Waals surface area contributed by atoms with Crippen LogP contribution in [0.5, 0.6) is 0 Å². The summed E-state index contributed by atoms with van der Waals surface area (Å²) in [6, 6.07) is 14.2. The molecule has 3 aromatic carbocycles. The number of alkyl halides is 6. The third-order valence-electron chi connectivity index (χ3n) is 4.57. The van der Waals surface area contributed by atoms with Crippen molar-refractivity contribution in [3.63, 3.8) is 0 Å². The number of amides is 1. The van der Waals surface area contributed by atoms with Gasteiger partial charge in [-0.05, 0) is 29.7 Å². The van der Waals surface area contributed by atoms with Crippen LogP contribution in [-0.4, -0.2) is 24.0 Å². The Kier molecular flexibility index (Phi) is 7.11. The Balaban J connectivity index is 1.60. The number of halogens is 6. The van der Waals surface area contributed by atoms with Crippen molar-refractivity contribution in [3.8, 4) is 0 Å². The summed E-state index contributed by atoms with van der Waals surface area (Å²) >= 11 is 4.90. The summed E-state index contributed by atoms with van der Waals surface area (Å²) in [6.07, 6.45) is -10.0. The normalized spacial score (nSPS) is 11.8. The molecule has 4 nitrogen and oxygen atoms in total. The maximum absolute atomic E-state index is 12.9. The van der Waals surface area contributed by atoms with E-state index in [9.17, 15) is 31.1 Å². The second kappa shape index (κ2) is 9.65. The molecule has 0 radical (unpaired) electrons. The summed E-state index contributed by atoms with van der Waals surface area (Å²) in [5.74, 6) is -1.03. The van der Waals surface area contributed by atoms with Gasteiger partial charge in [-0.15, -0.1) is 0 Å². The largest absolute Gasteiger partial charge is 0.416 e. The van der Waals surface area contributed by atoms with Crippen LogP contribution in [0.25, 0.3) is 10.8 Å². The molecule has 0 aliphatic rings. The maximum atomic E-state index is 12.9. The number of anilines is 2. The third-order valence-corrected chi connectivity index (χ3v) is 4.90. The van der Waals surface area contributed by atoms with Gasteiger partial charge in [-0.3, -0.25) is 4.79 Å². The van der Waals surface area contributed by atoms with Crippen LogP contribution >= 0.6 is 12.2 Å². The van der Waals surface area contributed by atoms with Crippen LogP contribution in [0.1, 0.15) is 11.1 Å². The van der Waals surface area contributed by atoms with E-state index >= 15 is 0 Å². The molecule has 0 aliphatic carbocycles. The van der Waals surface area contributed by atoms with Crippen LogP contribution in [0.15, 0.2) is 60.7 Å². The van der Waals surface area contributed by atoms with E-state index in [1.165, 1.54) is 0 Å². The van der Waals surface area contributed by atoms with Crippen LogP contribution in [-0.2, 0) is 17.1 Å². The van der Waals surface area contributed by atoms with Crippen LogP contribution in [0.4, 0.5) is 37.7 Å². The predicted octanol–water partition coefficient (Wildman–Crippen LogP) is 5.85. The fraction of sp³-hybridized carbons (Fsp3) is 0.182. The molecule has 33 heavy (non-hydrogen) atoms. The molecule has 0 aromatic heterocycles. The van der Waals surface area contributed by atoms with Crippen molar-refractivity contribution in [2.45, 2.75) is 12.4 Å². The molecular formula is C22H17F6N3OS. The molecule has 0 bridgehead atoms. The summed E-state index contributed by atoms with van der Waals surface area (Å²) in [5.41, 5.74) is -2.88. The standard InChI is InChI=1S/C22H17F6N3OS/c23-21(24,25)14-10-15(22(26,27)28)12-16(11-14)31-19(32)20(33)30-9-8-29-18-7-3-5-13-4-1-2-6-17(13)18/h1-7,10-12,29H,8-9H2,(H,30,33)(H,31,32). The highest BCUT2D eigenvalue weighted by Crippen LogP contribution is 2.37. The van der Waals surface area contributed by atoms with Gasteiger partial charge in [-0.1, -0.05) is 48.6 Å². The zero-order valence-electron chi connectivity index (χ0n) is 16.8. The molecule has 3 rings (SSSR count). The fourth-order valence-electron chi connectivity index (χ4n) is 3.05. The van der Waals surface area contributed by atoms with Crippen molar-refractivity contribution in [2.75, 3.05) is 23.7 Å². The zero-order chi connectivity index (χ0) is 24.2. The van der Waals surface area contributed by atoms with E-state index in [1.807, 2.05) is 47.8 Å². The lowest BCUT2D eigenvalue weighted by atomic mass is 10.1. The highest BCUT2D eigenvalue weighted by atomic mass is 32.1. The molecule has 0 unspecified atom stereocenters. The Bertz CT molecular complexity index is 1140. The molecule has 174 valence electrons. The van der Waals surface area contributed by atoms with Crippen molar-refractivity contribution < 1.29 is 31.1 Å². The number of carbonyl (C=O) groups excluding carboxylic acids is 1. The number of benzene rings is 3. The lowest BCUT2D eigenvalue weighted by molar-refractivity contribution is -0.143. The topological polar surface area (TPSA) is 53.2 Å². The van der Waals surface area contributed by atoms with Gasteiger partial charge in [-0.25, -0.2) is 0 Å². The molecule has 0 aliphatic heterocycles. The third kappa shape index (κ3) is 6.35. The molecule has 0 fully saturated rings. The van der Waals surface area contributed by atoms with Crippen molar-refractivity contribution in [2.24, 2.45) is 0 Å². The zero-order valence-corrected chi connectivity index (χ0v) is 17.6. The maximum Gasteiger partial charge on any atom is 0.416 e. The average Bonchev–Trinajstić information content (AvgIpc) is 2.75. The monoisotopic (exact) mass is 485 g/mol. The van der Waals surface area contributed by atoms with Crippen molar-refractivity contribution in [3.05, 3.63) is 71.8 Å². The molecule has 1 amide bonds. The lowest BCUT2D eigenvalue weighted by Crippen LogP contribution is -2.36. The number of hydrogen-bond donors (Lipinski definition) is 3. The number of fused-ring (bicyclic) bond motifs is 1. The van der Waals surface area contributed by atoms with E-state index in [-0.39, 0.29) is 17.6 Å². The first kappa shape index (κ1) is 24.3. The minimum atomic E-state index is -5.02. The number of carbonyl (C=O) groups is 1. The van der Waals surface area contributed by atoms with Gasteiger partial charge in [0.05, 0.1) is 11.1 Å². The van der Waals surface area contributed by atoms with E-state index in [0.717, 1.165) is 16.5 Å². The number of nitrogens with one attached hydrogen (secondary N) is 3. The Hall–Kier alpha value is -3.34. The van der Waals surface area contributed by atoms with Gasteiger partial charge in [0, 0.05) is 29.9 Å². The molecule has 0 saturated heterocycles. The highest BCUT2D eigenvalue weighted by molar-refractivity contribution is 7.82. The number of rotatable bonds is 5. The Morgan fingerprint density at radius 2 is 1.42 bits per heavy atom. The average molecular weight is 485 g/mol. The number of hydrogen-bond acceptors (Lipinski definition) is 3. The molecule has 3 aromatic rings. The van der Waals surface area contributed by atoms with Gasteiger partial charge < -0.3 is 16.0 Å². The molecule has 0 spiro atoms. The molecule has 0 heterocycles. The minimum absolute atomic E-state index is 0.0226. The fourth-order valence-corrected chi connectivity index (χ4v) is 3.20. The second-order valence-corrected chi connectivity index (χ2v) is 7.37. The van der Waals surface area contributed by atoms with E-state index < -0.39 is 35.1 Å². The van der Waals surface area contributed by atoms with E-state index in [2.05, 4.69) is 10.6 Å². The van der Waals surface area contributed by atoms with Gasteiger partial charge in [-0.2, -0.15) is 26.3 Å². The molecule has 0 saturated carbocycles. The van der Waals surface area contributed by atoms with Crippen LogP contribution in [0, 0.1) is 0 Å². The minimum Gasteiger partial charge on any atom is -0.383 e. The second-order valence-electron chi connectivity index (χ2n) is 6.96. The first-order chi connectivity index (χ1) is 15.4. The lowest BCUT2D eigenvalue weighted by Gasteiger charge is -2.15. The van der Waals surface area contributed by atoms with Crippen molar-refractivity contribution >= 4 is 45.3 Å². The molecule has 3 N–H and O–H groups in total. The Labute approximate surface area is 190 Å². The first-order valence-electron chi connectivity index (χ1n) is 9.55. The van der Waals surface area contributed by atoms with Gasteiger partial charge in [0.2, 0.25) is 0 Å². The highest BCUT2D eigenvalue weighted by Gasteiger charge is 2.37. The van der Waals surface area contributed by atoms with Crippen molar-refractivity contribution in [1.82, 2.24) is 5.32 Å². The van der Waals surface area contributed by atoms with Gasteiger partial charge in [0.25, 0.3) is 5.91 Å². The Morgan fingerprint density at radius 1 is 0.818 bits per heavy atom. The van der Waals surface area contributed by atoms with E-state index in [1.54, 1.807) is 0 Å². The molecular weight excluding hydrogens is 468 g/mol.